The third-order valence-corrected chi connectivity index (χ3v) is 5.06. The van der Waals surface area contributed by atoms with Crippen molar-refractivity contribution in [3.63, 3.8) is 0 Å². The molecule has 21 heavy (non-hydrogen) atoms. The van der Waals surface area contributed by atoms with Gasteiger partial charge in [0.2, 0.25) is 11.8 Å². The van der Waals surface area contributed by atoms with E-state index in [9.17, 15) is 9.59 Å². The molecule has 2 amide bonds. The van der Waals surface area contributed by atoms with E-state index in [1.54, 1.807) is 4.90 Å². The van der Waals surface area contributed by atoms with E-state index in [2.05, 4.69) is 5.32 Å². The van der Waals surface area contributed by atoms with Crippen molar-refractivity contribution in [2.24, 2.45) is 5.92 Å². The Morgan fingerprint density at radius 2 is 2.10 bits per heavy atom. The van der Waals surface area contributed by atoms with Crippen LogP contribution in [0.4, 0.5) is 0 Å². The molecule has 1 saturated heterocycles. The zero-order valence-corrected chi connectivity index (χ0v) is 14.1. The molecule has 4 nitrogen and oxygen atoms in total. The van der Waals surface area contributed by atoms with E-state index in [1.165, 1.54) is 11.3 Å². The molecule has 2 rings (SSSR count). The van der Waals surface area contributed by atoms with Crippen LogP contribution in [-0.4, -0.2) is 35.3 Å². The Labute approximate surface area is 134 Å². The van der Waals surface area contributed by atoms with Crippen LogP contribution in [0.2, 0.25) is 4.34 Å². The maximum atomic E-state index is 12.5. The van der Waals surface area contributed by atoms with Gasteiger partial charge in [-0.3, -0.25) is 9.59 Å². The molecule has 1 aromatic rings. The topological polar surface area (TPSA) is 49.4 Å². The van der Waals surface area contributed by atoms with Gasteiger partial charge in [0.25, 0.3) is 0 Å². The summed E-state index contributed by atoms with van der Waals surface area (Å²) >= 11 is 7.45. The number of carbonyl (C=O) groups is 2. The van der Waals surface area contributed by atoms with E-state index < -0.39 is 0 Å². The van der Waals surface area contributed by atoms with E-state index in [4.69, 9.17) is 11.6 Å². The van der Waals surface area contributed by atoms with Crippen LogP contribution in [0.15, 0.2) is 12.1 Å². The summed E-state index contributed by atoms with van der Waals surface area (Å²) in [4.78, 5) is 27.7. The van der Waals surface area contributed by atoms with Crippen molar-refractivity contribution >= 4 is 34.8 Å². The number of hydrogen-bond donors (Lipinski definition) is 1. The second-order valence-electron chi connectivity index (χ2n) is 5.65. The highest BCUT2D eigenvalue weighted by molar-refractivity contribution is 7.16. The molecule has 0 aliphatic carbocycles. The Morgan fingerprint density at radius 1 is 1.38 bits per heavy atom. The molecule has 2 atom stereocenters. The number of halogens is 1. The maximum absolute atomic E-state index is 12.5. The molecule has 0 spiro atoms. The third-order valence-electron chi connectivity index (χ3n) is 3.77. The maximum Gasteiger partial charge on any atom is 0.245 e. The zero-order chi connectivity index (χ0) is 15.6. The number of thiophene rings is 1. The van der Waals surface area contributed by atoms with Gasteiger partial charge in [-0.25, -0.2) is 0 Å². The number of carbonyl (C=O) groups excluding carboxylic acids is 2. The largest absolute Gasteiger partial charge is 0.343 e. The fourth-order valence-electron chi connectivity index (χ4n) is 2.70. The van der Waals surface area contributed by atoms with E-state index in [0.717, 1.165) is 15.6 Å². The quantitative estimate of drug-likeness (QED) is 0.903. The van der Waals surface area contributed by atoms with Crippen LogP contribution < -0.4 is 5.32 Å². The van der Waals surface area contributed by atoms with Gasteiger partial charge in [0, 0.05) is 11.4 Å². The van der Waals surface area contributed by atoms with E-state index in [1.807, 2.05) is 32.9 Å². The first kappa shape index (κ1) is 16.3. The van der Waals surface area contributed by atoms with Gasteiger partial charge >= 0.3 is 0 Å². The number of rotatable bonds is 5. The molecule has 1 aliphatic rings. The van der Waals surface area contributed by atoms with Crippen LogP contribution >= 0.6 is 22.9 Å². The summed E-state index contributed by atoms with van der Waals surface area (Å²) in [5.41, 5.74) is 0. The summed E-state index contributed by atoms with van der Waals surface area (Å²) in [5, 5.41) is 2.83. The minimum Gasteiger partial charge on any atom is -0.343 e. The molecular weight excluding hydrogens is 308 g/mol. The summed E-state index contributed by atoms with van der Waals surface area (Å²) in [6.07, 6.45) is 1.35. The van der Waals surface area contributed by atoms with Gasteiger partial charge in [-0.05, 0) is 30.9 Å². The normalized spacial score (nSPS) is 22.8. The fourth-order valence-corrected chi connectivity index (χ4v) is 3.78. The molecule has 2 heterocycles. The number of nitrogens with one attached hydrogen (secondary N) is 1. The molecule has 0 bridgehead atoms. The third kappa shape index (κ3) is 3.58. The molecule has 0 radical (unpaired) electrons. The SMILES string of the molecule is CCC1NC(=O)C(C(C)C)N(CCc2ccc(Cl)s2)C1=O. The van der Waals surface area contributed by atoms with Crippen molar-refractivity contribution in [1.82, 2.24) is 10.2 Å². The molecule has 6 heteroatoms. The first-order valence-electron chi connectivity index (χ1n) is 7.29. The highest BCUT2D eigenvalue weighted by atomic mass is 35.5. The molecule has 2 unspecified atom stereocenters. The summed E-state index contributed by atoms with van der Waals surface area (Å²) < 4.78 is 0.750. The summed E-state index contributed by atoms with van der Waals surface area (Å²) in [6, 6.07) is 3.07. The van der Waals surface area contributed by atoms with Gasteiger partial charge in [0.1, 0.15) is 12.1 Å². The number of piperazine rings is 1. The molecule has 1 N–H and O–H groups in total. The van der Waals surface area contributed by atoms with Crippen molar-refractivity contribution in [3.8, 4) is 0 Å². The molecule has 1 aliphatic heterocycles. The smallest absolute Gasteiger partial charge is 0.245 e. The molecular formula is C15H21ClN2O2S. The van der Waals surface area contributed by atoms with Gasteiger partial charge in [0.15, 0.2) is 0 Å². The minimum absolute atomic E-state index is 0.0263. The molecule has 1 fully saturated rings. The van der Waals surface area contributed by atoms with Gasteiger partial charge in [-0.2, -0.15) is 0 Å². The average molecular weight is 329 g/mol. The Morgan fingerprint density at radius 3 is 2.62 bits per heavy atom. The van der Waals surface area contributed by atoms with E-state index in [-0.39, 0.29) is 29.8 Å². The van der Waals surface area contributed by atoms with Crippen molar-refractivity contribution < 1.29 is 9.59 Å². The average Bonchev–Trinajstić information content (AvgIpc) is 2.84. The Hall–Kier alpha value is -1.07. The van der Waals surface area contributed by atoms with Gasteiger partial charge < -0.3 is 10.2 Å². The zero-order valence-electron chi connectivity index (χ0n) is 12.6. The van der Waals surface area contributed by atoms with Crippen LogP contribution in [0, 0.1) is 5.92 Å². The monoisotopic (exact) mass is 328 g/mol. The highest BCUT2D eigenvalue weighted by Gasteiger charge is 2.40. The van der Waals surface area contributed by atoms with E-state index >= 15 is 0 Å². The minimum atomic E-state index is -0.389. The predicted molar refractivity (Wildman–Crippen MR) is 85.6 cm³/mol. The molecule has 0 saturated carbocycles. The second kappa shape index (κ2) is 6.79. The lowest BCUT2D eigenvalue weighted by Gasteiger charge is -2.40. The molecule has 1 aromatic heterocycles. The highest BCUT2D eigenvalue weighted by Crippen LogP contribution is 2.24. The van der Waals surface area contributed by atoms with Crippen LogP contribution in [-0.2, 0) is 16.0 Å². The lowest BCUT2D eigenvalue weighted by molar-refractivity contribution is -0.151. The van der Waals surface area contributed by atoms with Crippen molar-refractivity contribution in [2.45, 2.75) is 45.7 Å². The van der Waals surface area contributed by atoms with Crippen LogP contribution in [0.3, 0.4) is 0 Å². The first-order valence-corrected chi connectivity index (χ1v) is 8.48. The number of nitrogens with zero attached hydrogens (tertiary/aromatic N) is 1. The summed E-state index contributed by atoms with van der Waals surface area (Å²) in [7, 11) is 0. The fraction of sp³-hybridized carbons (Fsp3) is 0.600. The lowest BCUT2D eigenvalue weighted by atomic mass is 9.96. The summed E-state index contributed by atoms with van der Waals surface area (Å²) in [5.74, 6) is 0.0813. The van der Waals surface area contributed by atoms with Crippen molar-refractivity contribution in [3.05, 3.63) is 21.3 Å². The van der Waals surface area contributed by atoms with Gasteiger partial charge in [-0.1, -0.05) is 32.4 Å². The van der Waals surface area contributed by atoms with Gasteiger partial charge in [-0.15, -0.1) is 11.3 Å². The van der Waals surface area contributed by atoms with Crippen LogP contribution in [0.25, 0.3) is 0 Å². The number of amides is 2. The Kier molecular flexibility index (Phi) is 5.27. The van der Waals surface area contributed by atoms with Crippen molar-refractivity contribution in [1.29, 1.82) is 0 Å². The predicted octanol–water partition coefficient (Wildman–Crippen LogP) is 2.71. The van der Waals surface area contributed by atoms with Crippen LogP contribution in [0.1, 0.15) is 32.1 Å². The van der Waals surface area contributed by atoms with Gasteiger partial charge in [0.05, 0.1) is 4.34 Å². The van der Waals surface area contributed by atoms with Crippen molar-refractivity contribution in [2.75, 3.05) is 6.54 Å². The van der Waals surface area contributed by atoms with E-state index in [0.29, 0.717) is 13.0 Å². The molecule has 0 aromatic carbocycles. The Balaban J connectivity index is 2.13. The standard InChI is InChI=1S/C15H21ClN2O2S/c1-4-11-15(20)18(13(9(2)3)14(19)17-11)8-7-10-5-6-12(16)21-10/h5-6,9,11,13H,4,7-8H2,1-3H3,(H,17,19). The van der Waals surface area contributed by atoms with Crippen LogP contribution in [0.5, 0.6) is 0 Å². The Bertz CT molecular complexity index is 529. The lowest BCUT2D eigenvalue weighted by Crippen LogP contribution is -2.64. The molecule has 116 valence electrons. The number of hydrogen-bond acceptors (Lipinski definition) is 3. The second-order valence-corrected chi connectivity index (χ2v) is 7.45. The first-order chi connectivity index (χ1) is 9.93. The summed E-state index contributed by atoms with van der Waals surface area (Å²) in [6.45, 7) is 6.41.